The largest absolute Gasteiger partial charge is 0.429 e. The third-order valence-corrected chi connectivity index (χ3v) is 6.73. The van der Waals surface area contributed by atoms with Crippen molar-refractivity contribution in [2.24, 2.45) is 11.8 Å². The van der Waals surface area contributed by atoms with Crippen LogP contribution in [-0.4, -0.2) is 53.6 Å². The number of nitrogens with zero attached hydrogens (tertiary/aromatic N) is 2. The van der Waals surface area contributed by atoms with Crippen LogP contribution in [-0.2, 0) is 4.79 Å². The quantitative estimate of drug-likeness (QED) is 0.357. The summed E-state index contributed by atoms with van der Waals surface area (Å²) in [5.74, 6) is -3.47. The molecule has 1 aromatic carbocycles. The van der Waals surface area contributed by atoms with Crippen molar-refractivity contribution in [3.63, 3.8) is 0 Å². The molecule has 2 aliphatic rings. The highest BCUT2D eigenvalue weighted by molar-refractivity contribution is 9.11. The molecule has 158 valence electrons. The number of benzene rings is 1. The Morgan fingerprint density at radius 1 is 1.45 bits per heavy atom. The lowest BCUT2D eigenvalue weighted by Crippen LogP contribution is -2.37. The molecule has 6 nitrogen and oxygen atoms in total. The van der Waals surface area contributed by atoms with Crippen LogP contribution in [0.5, 0.6) is 5.75 Å². The van der Waals surface area contributed by atoms with Gasteiger partial charge in [0.2, 0.25) is 5.91 Å². The molecule has 2 heterocycles. The normalized spacial score (nSPS) is 24.7. The van der Waals surface area contributed by atoms with Gasteiger partial charge in [-0.15, -0.1) is 0 Å². The van der Waals surface area contributed by atoms with Crippen LogP contribution >= 0.6 is 39.7 Å². The van der Waals surface area contributed by atoms with E-state index in [1.165, 1.54) is 12.1 Å². The molecule has 3 rings (SSSR count). The lowest BCUT2D eigenvalue weighted by atomic mass is 9.91. The molecule has 2 N–H and O–H groups in total. The fraction of sp³-hybridized carbons (Fsp3) is 0.412. The Labute approximate surface area is 184 Å². The van der Waals surface area contributed by atoms with Crippen LogP contribution in [0.4, 0.5) is 18.9 Å². The highest BCUT2D eigenvalue weighted by atomic mass is 79.9. The fourth-order valence-electron chi connectivity index (χ4n) is 3.48. The molecule has 0 aliphatic carbocycles. The van der Waals surface area contributed by atoms with Crippen LogP contribution in [0, 0.1) is 17.7 Å². The first kappa shape index (κ1) is 22.1. The van der Waals surface area contributed by atoms with Crippen molar-refractivity contribution in [1.29, 1.82) is 0 Å². The van der Waals surface area contributed by atoms with Crippen molar-refractivity contribution < 1.29 is 22.7 Å². The van der Waals surface area contributed by atoms with Gasteiger partial charge in [-0.3, -0.25) is 4.79 Å². The van der Waals surface area contributed by atoms with Gasteiger partial charge in [-0.05, 0) is 12.1 Å². The van der Waals surface area contributed by atoms with E-state index < -0.39 is 35.5 Å². The van der Waals surface area contributed by atoms with Crippen molar-refractivity contribution >= 4 is 56.3 Å². The second-order valence-electron chi connectivity index (χ2n) is 6.57. The standard InChI is InChI=1S/C17H17BrClF3N4O2S/c1-25-6-7(12-11(18)14(19)24-26(12)2)10(16(25)29)15(27)23-9-5-3-4-8(20)13(9)28-17(21)22/h3-5,7,10,14,17,24H,6H2,1-2H3,(H,23,27)/t7-,10-,14?/m0/s1. The van der Waals surface area contributed by atoms with Crippen molar-refractivity contribution in [2.75, 3.05) is 26.0 Å². The number of likely N-dealkylation sites (tertiary alicyclic amines) is 1. The van der Waals surface area contributed by atoms with Crippen LogP contribution in [0.3, 0.4) is 0 Å². The first-order valence-electron chi connectivity index (χ1n) is 8.44. The zero-order chi connectivity index (χ0) is 21.5. The Balaban J connectivity index is 1.92. The first-order valence-corrected chi connectivity index (χ1v) is 10.1. The Bertz CT molecular complexity index is 875. The molecule has 29 heavy (non-hydrogen) atoms. The molecule has 1 aromatic rings. The topological polar surface area (TPSA) is 56.8 Å². The second kappa shape index (κ2) is 8.66. The van der Waals surface area contributed by atoms with Crippen LogP contribution in [0.25, 0.3) is 0 Å². The average Bonchev–Trinajstić information content (AvgIpc) is 3.05. The van der Waals surface area contributed by atoms with E-state index in [1.807, 2.05) is 0 Å². The summed E-state index contributed by atoms with van der Waals surface area (Å²) >= 11 is 15.1. The lowest BCUT2D eigenvalue weighted by Gasteiger charge is -2.25. The summed E-state index contributed by atoms with van der Waals surface area (Å²) in [6, 6.07) is 3.53. The zero-order valence-corrected chi connectivity index (χ0v) is 18.4. The number of para-hydroxylation sites is 1. The molecule has 0 saturated carbocycles. The molecule has 12 heteroatoms. The number of amides is 1. The Morgan fingerprint density at radius 2 is 2.14 bits per heavy atom. The van der Waals surface area contributed by atoms with Crippen molar-refractivity contribution in [1.82, 2.24) is 15.3 Å². The number of halogens is 5. The van der Waals surface area contributed by atoms with Gasteiger partial charge in [-0.1, -0.05) is 45.8 Å². The molecule has 0 aromatic heterocycles. The molecule has 1 amide bonds. The number of hydrogen-bond donors (Lipinski definition) is 2. The summed E-state index contributed by atoms with van der Waals surface area (Å²) < 4.78 is 44.2. The lowest BCUT2D eigenvalue weighted by molar-refractivity contribution is -0.118. The number of carbonyl (C=O) groups is 1. The number of rotatable bonds is 5. The minimum atomic E-state index is -3.24. The number of ether oxygens (including phenoxy) is 1. The molecular formula is C17H17BrClF3N4O2S. The molecule has 0 radical (unpaired) electrons. The molecule has 1 unspecified atom stereocenters. The maximum absolute atomic E-state index is 14.0. The highest BCUT2D eigenvalue weighted by Gasteiger charge is 2.46. The molecule has 2 aliphatic heterocycles. The summed E-state index contributed by atoms with van der Waals surface area (Å²) in [7, 11) is 3.52. The van der Waals surface area contributed by atoms with E-state index in [9.17, 15) is 18.0 Å². The van der Waals surface area contributed by atoms with Crippen molar-refractivity contribution in [2.45, 2.75) is 12.1 Å². The SMILES string of the molecule is CN1C[C@H](C2=C(Br)C(Cl)NN2C)[C@@H](C(=O)Nc2cccc(F)c2OC(F)F)C1=S. The van der Waals surface area contributed by atoms with E-state index in [1.54, 1.807) is 24.0 Å². The third-order valence-electron chi connectivity index (χ3n) is 4.72. The van der Waals surface area contributed by atoms with E-state index in [0.29, 0.717) is 16.0 Å². The van der Waals surface area contributed by atoms with Gasteiger partial charge in [0.05, 0.1) is 16.6 Å². The molecule has 0 bridgehead atoms. The Hall–Kier alpha value is -1.56. The van der Waals surface area contributed by atoms with Gasteiger partial charge >= 0.3 is 6.61 Å². The van der Waals surface area contributed by atoms with Gasteiger partial charge in [0.1, 0.15) is 5.50 Å². The minimum absolute atomic E-state index is 0.201. The summed E-state index contributed by atoms with van der Waals surface area (Å²) in [4.78, 5) is 15.2. The van der Waals surface area contributed by atoms with E-state index >= 15 is 0 Å². The van der Waals surface area contributed by atoms with E-state index in [4.69, 9.17) is 23.8 Å². The number of nitrogens with one attached hydrogen (secondary N) is 2. The smallest absolute Gasteiger partial charge is 0.387 e. The molecule has 1 fully saturated rings. The zero-order valence-electron chi connectivity index (χ0n) is 15.3. The number of thiocarbonyl (C=S) groups is 1. The Kier molecular flexibility index (Phi) is 6.61. The van der Waals surface area contributed by atoms with Gasteiger partial charge in [-0.2, -0.15) is 8.78 Å². The predicted molar refractivity (Wildman–Crippen MR) is 110 cm³/mol. The summed E-state index contributed by atoms with van der Waals surface area (Å²) in [6.45, 7) is -2.80. The van der Waals surface area contributed by atoms with Crippen LogP contribution in [0.1, 0.15) is 0 Å². The third kappa shape index (κ3) is 4.32. The number of alkyl halides is 3. The summed E-state index contributed by atoms with van der Waals surface area (Å²) in [6.07, 6.45) is 0. The minimum Gasteiger partial charge on any atom is -0.429 e. The highest BCUT2D eigenvalue weighted by Crippen LogP contribution is 2.40. The van der Waals surface area contributed by atoms with Gasteiger partial charge in [0.15, 0.2) is 11.6 Å². The average molecular weight is 514 g/mol. The molecular weight excluding hydrogens is 497 g/mol. The van der Waals surface area contributed by atoms with Crippen LogP contribution < -0.4 is 15.5 Å². The van der Waals surface area contributed by atoms with Crippen molar-refractivity contribution in [3.8, 4) is 5.75 Å². The molecule has 3 atom stereocenters. The summed E-state index contributed by atoms with van der Waals surface area (Å²) in [5.41, 5.74) is 3.06. The van der Waals surface area contributed by atoms with E-state index in [0.717, 1.165) is 11.8 Å². The van der Waals surface area contributed by atoms with Gasteiger partial charge < -0.3 is 20.0 Å². The number of carbonyl (C=O) groups excluding carboxylic acids is 1. The van der Waals surface area contributed by atoms with E-state index in [-0.39, 0.29) is 11.6 Å². The van der Waals surface area contributed by atoms with Crippen molar-refractivity contribution in [3.05, 3.63) is 34.2 Å². The number of hydrogen-bond acceptors (Lipinski definition) is 5. The molecule has 0 spiro atoms. The Morgan fingerprint density at radius 3 is 2.72 bits per heavy atom. The second-order valence-corrected chi connectivity index (χ2v) is 8.28. The molecule has 1 saturated heterocycles. The first-order chi connectivity index (χ1) is 13.6. The summed E-state index contributed by atoms with van der Waals surface area (Å²) in [5, 5.41) is 4.19. The maximum Gasteiger partial charge on any atom is 0.387 e. The number of anilines is 1. The fourth-order valence-corrected chi connectivity index (χ4v) is 4.74. The van der Waals surface area contributed by atoms with Gasteiger partial charge in [0.25, 0.3) is 0 Å². The monoisotopic (exact) mass is 512 g/mol. The van der Waals surface area contributed by atoms with Gasteiger partial charge in [0, 0.05) is 36.7 Å². The van der Waals surface area contributed by atoms with E-state index in [2.05, 4.69) is 31.4 Å². The van der Waals surface area contributed by atoms with Gasteiger partial charge in [-0.25, -0.2) is 9.82 Å². The predicted octanol–water partition coefficient (Wildman–Crippen LogP) is 3.49. The van der Waals surface area contributed by atoms with Crippen LogP contribution in [0.2, 0.25) is 0 Å². The van der Waals surface area contributed by atoms with Crippen LogP contribution in [0.15, 0.2) is 28.4 Å². The number of hydrazine groups is 1. The maximum atomic E-state index is 14.0.